The molecule has 0 unspecified atom stereocenters. The molecule has 0 radical (unpaired) electrons. The van der Waals surface area contributed by atoms with Crippen LogP contribution in [-0.4, -0.2) is 53.2 Å². The van der Waals surface area contributed by atoms with Gasteiger partial charge in [0.2, 0.25) is 0 Å². The first kappa shape index (κ1) is 12.0. The fourth-order valence-corrected chi connectivity index (χ4v) is 2.04. The predicted octanol–water partition coefficient (Wildman–Crippen LogP) is -0.204. The second kappa shape index (κ2) is 5.25. The van der Waals surface area contributed by atoms with Gasteiger partial charge in [0.15, 0.2) is 0 Å². The molecule has 0 aromatic carbocycles. The number of carbonyl (C=O) groups is 1. The molecule has 5 heteroatoms. The van der Waals surface area contributed by atoms with E-state index in [1.807, 2.05) is 6.92 Å². The molecular weight excluding hydrogens is 218 g/mol. The number of rotatable bonds is 2. The number of carbonyl (C=O) groups excluding carboxylic acids is 1. The van der Waals surface area contributed by atoms with Crippen molar-refractivity contribution in [3.8, 4) is 0 Å². The van der Waals surface area contributed by atoms with Gasteiger partial charge < -0.3 is 15.3 Å². The number of aromatic nitrogens is 1. The molecule has 1 aromatic rings. The number of aliphatic hydroxyl groups excluding tert-OH is 1. The van der Waals surface area contributed by atoms with Gasteiger partial charge in [0.25, 0.3) is 5.91 Å². The van der Waals surface area contributed by atoms with Crippen LogP contribution in [0.15, 0.2) is 18.3 Å². The number of hydrogen-bond acceptors (Lipinski definition) is 4. The van der Waals surface area contributed by atoms with Gasteiger partial charge in [0.05, 0.1) is 12.6 Å². The highest BCUT2D eigenvalue weighted by atomic mass is 16.3. The summed E-state index contributed by atoms with van der Waals surface area (Å²) in [6.07, 6.45) is 1.64. The SMILES string of the molecule is Cc1cc(C(=O)N2CCNC[C@H]2CO)ccn1. The van der Waals surface area contributed by atoms with Crippen molar-refractivity contribution in [3.05, 3.63) is 29.6 Å². The molecule has 17 heavy (non-hydrogen) atoms. The van der Waals surface area contributed by atoms with Crippen LogP contribution < -0.4 is 5.32 Å². The monoisotopic (exact) mass is 235 g/mol. The summed E-state index contributed by atoms with van der Waals surface area (Å²) in [4.78, 5) is 18.1. The Labute approximate surface area is 100 Å². The van der Waals surface area contributed by atoms with Gasteiger partial charge in [0, 0.05) is 37.1 Å². The van der Waals surface area contributed by atoms with Gasteiger partial charge in [-0.05, 0) is 19.1 Å². The first-order chi connectivity index (χ1) is 8.22. The molecule has 1 amide bonds. The third-order valence-electron chi connectivity index (χ3n) is 2.97. The zero-order valence-corrected chi connectivity index (χ0v) is 9.89. The topological polar surface area (TPSA) is 65.5 Å². The normalized spacial score (nSPS) is 20.4. The van der Waals surface area contributed by atoms with Crippen LogP contribution in [0.25, 0.3) is 0 Å². The molecule has 0 saturated carbocycles. The van der Waals surface area contributed by atoms with Crippen LogP contribution in [0.2, 0.25) is 0 Å². The quantitative estimate of drug-likeness (QED) is 0.745. The van der Waals surface area contributed by atoms with E-state index in [0.717, 1.165) is 12.2 Å². The Hall–Kier alpha value is -1.46. The van der Waals surface area contributed by atoms with Crippen LogP contribution in [-0.2, 0) is 0 Å². The first-order valence-corrected chi connectivity index (χ1v) is 5.77. The zero-order valence-electron chi connectivity index (χ0n) is 9.89. The van der Waals surface area contributed by atoms with E-state index < -0.39 is 0 Å². The molecule has 1 fully saturated rings. The number of amides is 1. The summed E-state index contributed by atoms with van der Waals surface area (Å²) in [6.45, 7) is 3.89. The highest BCUT2D eigenvalue weighted by Crippen LogP contribution is 2.10. The number of pyridine rings is 1. The molecule has 1 atom stereocenters. The second-order valence-electron chi connectivity index (χ2n) is 4.22. The molecule has 2 N–H and O–H groups in total. The van der Waals surface area contributed by atoms with Crippen molar-refractivity contribution < 1.29 is 9.90 Å². The van der Waals surface area contributed by atoms with E-state index in [2.05, 4.69) is 10.3 Å². The summed E-state index contributed by atoms with van der Waals surface area (Å²) in [5.41, 5.74) is 1.46. The van der Waals surface area contributed by atoms with Gasteiger partial charge in [-0.3, -0.25) is 9.78 Å². The van der Waals surface area contributed by atoms with E-state index in [1.165, 1.54) is 0 Å². The molecule has 2 rings (SSSR count). The lowest BCUT2D eigenvalue weighted by Crippen LogP contribution is -2.55. The van der Waals surface area contributed by atoms with Crippen molar-refractivity contribution in [3.63, 3.8) is 0 Å². The Morgan fingerprint density at radius 2 is 2.53 bits per heavy atom. The van der Waals surface area contributed by atoms with Gasteiger partial charge in [-0.25, -0.2) is 0 Å². The van der Waals surface area contributed by atoms with Gasteiger partial charge in [-0.2, -0.15) is 0 Å². The van der Waals surface area contributed by atoms with Crippen molar-refractivity contribution in [2.45, 2.75) is 13.0 Å². The minimum atomic E-state index is -0.135. The molecule has 1 aliphatic heterocycles. The summed E-state index contributed by atoms with van der Waals surface area (Å²) < 4.78 is 0. The molecule has 1 saturated heterocycles. The van der Waals surface area contributed by atoms with Crippen LogP contribution in [0.3, 0.4) is 0 Å². The Balaban J connectivity index is 2.18. The molecule has 5 nitrogen and oxygen atoms in total. The Bertz CT molecular complexity index is 408. The summed E-state index contributed by atoms with van der Waals surface area (Å²) in [7, 11) is 0. The summed E-state index contributed by atoms with van der Waals surface area (Å²) in [5, 5.41) is 12.4. The predicted molar refractivity (Wildman–Crippen MR) is 63.8 cm³/mol. The fraction of sp³-hybridized carbons (Fsp3) is 0.500. The third kappa shape index (κ3) is 2.62. The van der Waals surface area contributed by atoms with Gasteiger partial charge in [-0.1, -0.05) is 0 Å². The Morgan fingerprint density at radius 1 is 1.71 bits per heavy atom. The van der Waals surface area contributed by atoms with E-state index in [0.29, 0.717) is 18.7 Å². The van der Waals surface area contributed by atoms with Crippen LogP contribution in [0, 0.1) is 6.92 Å². The van der Waals surface area contributed by atoms with Gasteiger partial charge in [0.1, 0.15) is 0 Å². The molecule has 0 aliphatic carbocycles. The maximum atomic E-state index is 12.3. The average molecular weight is 235 g/mol. The van der Waals surface area contributed by atoms with Gasteiger partial charge >= 0.3 is 0 Å². The van der Waals surface area contributed by atoms with Crippen molar-refractivity contribution >= 4 is 5.91 Å². The zero-order chi connectivity index (χ0) is 12.3. The summed E-state index contributed by atoms with van der Waals surface area (Å²) in [5.74, 6) is -0.0314. The third-order valence-corrected chi connectivity index (χ3v) is 2.97. The fourth-order valence-electron chi connectivity index (χ4n) is 2.04. The standard InChI is InChI=1S/C12H17N3O2/c1-9-6-10(2-3-14-9)12(17)15-5-4-13-7-11(15)8-16/h2-3,6,11,13,16H,4-5,7-8H2,1H3/t11-/m0/s1. The first-order valence-electron chi connectivity index (χ1n) is 5.77. The van der Waals surface area contributed by atoms with Crippen molar-refractivity contribution in [2.24, 2.45) is 0 Å². The summed E-state index contributed by atoms with van der Waals surface area (Å²) >= 11 is 0. The largest absolute Gasteiger partial charge is 0.394 e. The number of aliphatic hydroxyl groups is 1. The molecule has 0 bridgehead atoms. The number of piperazine rings is 1. The highest BCUT2D eigenvalue weighted by molar-refractivity contribution is 5.94. The van der Waals surface area contributed by atoms with Crippen LogP contribution in [0.5, 0.6) is 0 Å². The number of nitrogens with one attached hydrogen (secondary N) is 1. The van der Waals surface area contributed by atoms with E-state index in [9.17, 15) is 9.90 Å². The van der Waals surface area contributed by atoms with Crippen molar-refractivity contribution in [1.29, 1.82) is 0 Å². The molecular formula is C12H17N3O2. The van der Waals surface area contributed by atoms with Crippen molar-refractivity contribution in [1.82, 2.24) is 15.2 Å². The molecule has 92 valence electrons. The van der Waals surface area contributed by atoms with Crippen LogP contribution in [0.1, 0.15) is 16.1 Å². The molecule has 1 aliphatic rings. The maximum absolute atomic E-state index is 12.3. The van der Waals surface area contributed by atoms with Crippen LogP contribution in [0.4, 0.5) is 0 Å². The minimum absolute atomic E-state index is 0.0111. The number of hydrogen-bond donors (Lipinski definition) is 2. The van der Waals surface area contributed by atoms with E-state index in [-0.39, 0.29) is 18.6 Å². The molecule has 1 aromatic heterocycles. The average Bonchev–Trinajstić information content (AvgIpc) is 2.38. The number of aryl methyl sites for hydroxylation is 1. The Morgan fingerprint density at radius 3 is 3.24 bits per heavy atom. The van der Waals surface area contributed by atoms with Crippen molar-refractivity contribution in [2.75, 3.05) is 26.2 Å². The Kier molecular flexibility index (Phi) is 3.71. The smallest absolute Gasteiger partial charge is 0.254 e. The molecule has 0 spiro atoms. The lowest BCUT2D eigenvalue weighted by atomic mass is 10.1. The summed E-state index contributed by atoms with van der Waals surface area (Å²) in [6, 6.07) is 3.36. The lowest BCUT2D eigenvalue weighted by molar-refractivity contribution is 0.0536. The second-order valence-corrected chi connectivity index (χ2v) is 4.22. The van der Waals surface area contributed by atoms with E-state index in [1.54, 1.807) is 23.2 Å². The maximum Gasteiger partial charge on any atom is 0.254 e. The lowest BCUT2D eigenvalue weighted by Gasteiger charge is -2.35. The molecule has 2 heterocycles. The van der Waals surface area contributed by atoms with Crippen LogP contribution >= 0.6 is 0 Å². The highest BCUT2D eigenvalue weighted by Gasteiger charge is 2.26. The van der Waals surface area contributed by atoms with E-state index >= 15 is 0 Å². The van der Waals surface area contributed by atoms with E-state index in [4.69, 9.17) is 0 Å². The minimum Gasteiger partial charge on any atom is -0.394 e. The van der Waals surface area contributed by atoms with Gasteiger partial charge in [-0.15, -0.1) is 0 Å². The number of nitrogens with zero attached hydrogens (tertiary/aromatic N) is 2.